The Hall–Kier alpha value is -1.41. The molecule has 0 unspecified atom stereocenters. The van der Waals surface area contributed by atoms with Gasteiger partial charge in [-0.2, -0.15) is 5.26 Å². The molecule has 0 aliphatic rings. The highest BCUT2D eigenvalue weighted by Gasteiger charge is 2.18. The number of nitriles is 1. The van der Waals surface area contributed by atoms with E-state index in [4.69, 9.17) is 5.26 Å². The molecule has 16 heavy (non-hydrogen) atoms. The molecule has 0 saturated heterocycles. The van der Waals surface area contributed by atoms with Gasteiger partial charge in [-0.25, -0.2) is 4.98 Å². The van der Waals surface area contributed by atoms with E-state index in [0.717, 1.165) is 0 Å². The number of nitrogens with zero attached hydrogens (tertiary/aromatic N) is 3. The zero-order valence-corrected chi connectivity index (χ0v) is 10.7. The van der Waals surface area contributed by atoms with E-state index in [1.165, 1.54) is 4.90 Å². The molecule has 0 saturated carbocycles. The van der Waals surface area contributed by atoms with E-state index < -0.39 is 0 Å². The Labute approximate surface area is 103 Å². The molecule has 0 N–H and O–H groups in total. The summed E-state index contributed by atoms with van der Waals surface area (Å²) < 4.78 is 0.610. The monoisotopic (exact) mass is 281 g/mol. The topological polar surface area (TPSA) is 57.0 Å². The minimum atomic E-state index is -0.153. The van der Waals surface area contributed by atoms with Gasteiger partial charge in [0.25, 0.3) is 5.91 Å². The molecule has 1 aromatic rings. The smallest absolute Gasteiger partial charge is 0.255 e. The van der Waals surface area contributed by atoms with Crippen molar-refractivity contribution in [2.75, 3.05) is 6.54 Å². The average molecular weight is 282 g/mol. The number of halogens is 1. The van der Waals surface area contributed by atoms with Crippen molar-refractivity contribution >= 4 is 21.8 Å². The standard InChI is InChI=1S/C11H12BrN3O/c1-8(2)15(6-4-13)11(16)9-3-5-14-10(12)7-9/h3,5,7-8H,6H2,1-2H3. The van der Waals surface area contributed by atoms with Crippen LogP contribution in [-0.2, 0) is 0 Å². The van der Waals surface area contributed by atoms with Crippen LogP contribution in [0.2, 0.25) is 0 Å². The highest BCUT2D eigenvalue weighted by Crippen LogP contribution is 2.12. The maximum Gasteiger partial charge on any atom is 0.255 e. The first-order valence-corrected chi connectivity index (χ1v) is 5.65. The van der Waals surface area contributed by atoms with E-state index in [1.807, 2.05) is 19.9 Å². The fraction of sp³-hybridized carbons (Fsp3) is 0.364. The molecule has 0 bridgehead atoms. The summed E-state index contributed by atoms with van der Waals surface area (Å²) in [6, 6.07) is 5.28. The minimum absolute atomic E-state index is 0.000842. The van der Waals surface area contributed by atoms with Gasteiger partial charge in [0.05, 0.1) is 6.07 Å². The normalized spacial score (nSPS) is 9.94. The molecule has 0 spiro atoms. The van der Waals surface area contributed by atoms with Crippen LogP contribution in [-0.4, -0.2) is 28.4 Å². The Morgan fingerprint density at radius 2 is 2.38 bits per heavy atom. The number of carbonyl (C=O) groups excluding carboxylic acids is 1. The van der Waals surface area contributed by atoms with Gasteiger partial charge < -0.3 is 4.90 Å². The second-order valence-corrected chi connectivity index (χ2v) is 4.36. The van der Waals surface area contributed by atoms with E-state index in [-0.39, 0.29) is 18.5 Å². The number of carbonyl (C=O) groups is 1. The Balaban J connectivity index is 2.95. The lowest BCUT2D eigenvalue weighted by atomic mass is 10.2. The molecular weight excluding hydrogens is 270 g/mol. The first-order chi connectivity index (χ1) is 7.56. The molecule has 84 valence electrons. The molecule has 0 atom stereocenters. The molecule has 5 heteroatoms. The molecule has 1 aromatic heterocycles. The molecule has 0 aliphatic carbocycles. The van der Waals surface area contributed by atoms with Gasteiger partial charge in [-0.1, -0.05) is 0 Å². The van der Waals surface area contributed by atoms with Crippen LogP contribution in [0.1, 0.15) is 24.2 Å². The van der Waals surface area contributed by atoms with Crippen molar-refractivity contribution in [2.45, 2.75) is 19.9 Å². The highest BCUT2D eigenvalue weighted by atomic mass is 79.9. The van der Waals surface area contributed by atoms with Crippen LogP contribution in [0, 0.1) is 11.3 Å². The second kappa shape index (κ2) is 5.61. The van der Waals surface area contributed by atoms with Crippen LogP contribution in [0.3, 0.4) is 0 Å². The zero-order valence-electron chi connectivity index (χ0n) is 9.14. The molecule has 1 heterocycles. The lowest BCUT2D eigenvalue weighted by molar-refractivity contribution is 0.0731. The van der Waals surface area contributed by atoms with Crippen molar-refractivity contribution in [3.05, 3.63) is 28.5 Å². The number of amides is 1. The molecule has 1 amide bonds. The van der Waals surface area contributed by atoms with E-state index >= 15 is 0 Å². The number of aromatic nitrogens is 1. The molecular formula is C11H12BrN3O. The average Bonchev–Trinajstić information content (AvgIpc) is 2.24. The fourth-order valence-electron chi connectivity index (χ4n) is 1.27. The van der Waals surface area contributed by atoms with Crippen LogP contribution >= 0.6 is 15.9 Å². The molecule has 0 radical (unpaired) electrons. The van der Waals surface area contributed by atoms with Crippen LogP contribution in [0.5, 0.6) is 0 Å². The molecule has 0 fully saturated rings. The van der Waals surface area contributed by atoms with Crippen molar-refractivity contribution < 1.29 is 4.79 Å². The van der Waals surface area contributed by atoms with Gasteiger partial charge in [-0.3, -0.25) is 4.79 Å². The first-order valence-electron chi connectivity index (χ1n) is 4.85. The number of pyridine rings is 1. The molecule has 4 nitrogen and oxygen atoms in total. The molecule has 0 aliphatic heterocycles. The van der Waals surface area contributed by atoms with Crippen molar-refractivity contribution in [3.63, 3.8) is 0 Å². The van der Waals surface area contributed by atoms with E-state index in [2.05, 4.69) is 20.9 Å². The number of hydrogen-bond donors (Lipinski definition) is 0. The fourth-order valence-corrected chi connectivity index (χ4v) is 1.63. The number of hydrogen-bond acceptors (Lipinski definition) is 3. The van der Waals surface area contributed by atoms with Crippen LogP contribution in [0.4, 0.5) is 0 Å². The summed E-state index contributed by atoms with van der Waals surface area (Å²) in [6.07, 6.45) is 1.56. The van der Waals surface area contributed by atoms with Gasteiger partial charge in [0.2, 0.25) is 0 Å². The Bertz CT molecular complexity index is 425. The summed E-state index contributed by atoms with van der Waals surface area (Å²) in [5, 5.41) is 8.67. The summed E-state index contributed by atoms with van der Waals surface area (Å²) in [5.74, 6) is -0.153. The van der Waals surface area contributed by atoms with Crippen molar-refractivity contribution in [3.8, 4) is 6.07 Å². The largest absolute Gasteiger partial charge is 0.323 e. The van der Waals surface area contributed by atoms with Gasteiger partial charge >= 0.3 is 0 Å². The molecule has 0 aromatic carbocycles. The lowest BCUT2D eigenvalue weighted by Gasteiger charge is -2.23. The molecule has 1 rings (SSSR count). The quantitative estimate of drug-likeness (QED) is 0.631. The maximum absolute atomic E-state index is 12.1. The SMILES string of the molecule is CC(C)N(CC#N)C(=O)c1ccnc(Br)c1. The third-order valence-corrected chi connectivity index (χ3v) is 2.53. The lowest BCUT2D eigenvalue weighted by Crippen LogP contribution is -2.37. The Morgan fingerprint density at radius 3 is 2.88 bits per heavy atom. The Morgan fingerprint density at radius 1 is 1.69 bits per heavy atom. The summed E-state index contributed by atoms with van der Waals surface area (Å²) in [7, 11) is 0. The van der Waals surface area contributed by atoms with Crippen LogP contribution < -0.4 is 0 Å². The van der Waals surface area contributed by atoms with Crippen molar-refractivity contribution in [2.24, 2.45) is 0 Å². The van der Waals surface area contributed by atoms with E-state index in [9.17, 15) is 4.79 Å². The summed E-state index contributed by atoms with van der Waals surface area (Å²) in [4.78, 5) is 17.5. The highest BCUT2D eigenvalue weighted by molar-refractivity contribution is 9.10. The third kappa shape index (κ3) is 3.04. The van der Waals surface area contributed by atoms with Gasteiger partial charge in [0, 0.05) is 17.8 Å². The minimum Gasteiger partial charge on any atom is -0.323 e. The van der Waals surface area contributed by atoms with Crippen molar-refractivity contribution in [1.82, 2.24) is 9.88 Å². The zero-order chi connectivity index (χ0) is 12.1. The second-order valence-electron chi connectivity index (χ2n) is 3.55. The summed E-state index contributed by atoms with van der Waals surface area (Å²) in [6.45, 7) is 3.85. The maximum atomic E-state index is 12.1. The predicted molar refractivity (Wildman–Crippen MR) is 63.7 cm³/mol. The Kier molecular flexibility index (Phi) is 4.44. The number of rotatable bonds is 3. The van der Waals surface area contributed by atoms with Crippen LogP contribution in [0.25, 0.3) is 0 Å². The van der Waals surface area contributed by atoms with Crippen molar-refractivity contribution in [1.29, 1.82) is 5.26 Å². The summed E-state index contributed by atoms with van der Waals surface area (Å²) >= 11 is 3.21. The predicted octanol–water partition coefficient (Wildman–Crippen LogP) is 2.22. The van der Waals surface area contributed by atoms with Gasteiger partial charge in [-0.05, 0) is 41.9 Å². The van der Waals surface area contributed by atoms with Gasteiger partial charge in [0.15, 0.2) is 0 Å². The van der Waals surface area contributed by atoms with Crippen LogP contribution in [0.15, 0.2) is 22.9 Å². The van der Waals surface area contributed by atoms with E-state index in [1.54, 1.807) is 18.3 Å². The van der Waals surface area contributed by atoms with E-state index in [0.29, 0.717) is 10.2 Å². The first kappa shape index (κ1) is 12.7. The summed E-state index contributed by atoms with van der Waals surface area (Å²) in [5.41, 5.74) is 0.533. The van der Waals surface area contributed by atoms with Gasteiger partial charge in [0.1, 0.15) is 11.1 Å². The third-order valence-electron chi connectivity index (χ3n) is 2.10. The van der Waals surface area contributed by atoms with Gasteiger partial charge in [-0.15, -0.1) is 0 Å².